The molecule has 0 aliphatic heterocycles. The van der Waals surface area contributed by atoms with Crippen molar-refractivity contribution < 1.29 is 0 Å². The SMILES string of the molecule is Cc1cccc(C2CCCC2CN)c1C. The number of hydrogen-bond donors (Lipinski definition) is 1. The molecule has 0 aromatic heterocycles. The number of nitrogens with two attached hydrogens (primary N) is 1. The van der Waals surface area contributed by atoms with Gasteiger partial charge in [0.15, 0.2) is 0 Å². The van der Waals surface area contributed by atoms with E-state index in [0.717, 1.165) is 12.5 Å². The van der Waals surface area contributed by atoms with E-state index >= 15 is 0 Å². The predicted octanol–water partition coefficient (Wildman–Crippen LogP) is 3.15. The van der Waals surface area contributed by atoms with Gasteiger partial charge in [0.05, 0.1) is 0 Å². The molecule has 0 radical (unpaired) electrons. The maximum atomic E-state index is 5.85. The van der Waals surface area contributed by atoms with Crippen LogP contribution in [0.25, 0.3) is 0 Å². The third kappa shape index (κ3) is 1.93. The summed E-state index contributed by atoms with van der Waals surface area (Å²) >= 11 is 0. The lowest BCUT2D eigenvalue weighted by Crippen LogP contribution is -2.18. The highest BCUT2D eigenvalue weighted by atomic mass is 14.6. The van der Waals surface area contributed by atoms with Gasteiger partial charge in [0, 0.05) is 0 Å². The standard InChI is InChI=1S/C14H21N/c1-10-5-3-7-13(11(10)2)14-8-4-6-12(14)9-15/h3,5,7,12,14H,4,6,8-9,15H2,1-2H3. The molecule has 0 heterocycles. The van der Waals surface area contributed by atoms with Gasteiger partial charge in [-0.2, -0.15) is 0 Å². The molecule has 2 rings (SSSR count). The van der Waals surface area contributed by atoms with E-state index in [4.69, 9.17) is 5.73 Å². The van der Waals surface area contributed by atoms with Gasteiger partial charge in [0.2, 0.25) is 0 Å². The van der Waals surface area contributed by atoms with Crippen molar-refractivity contribution in [2.75, 3.05) is 6.54 Å². The Balaban J connectivity index is 2.32. The highest BCUT2D eigenvalue weighted by molar-refractivity contribution is 5.36. The molecular weight excluding hydrogens is 182 g/mol. The summed E-state index contributed by atoms with van der Waals surface area (Å²) < 4.78 is 0. The number of aryl methyl sites for hydroxylation is 1. The minimum absolute atomic E-state index is 0.713. The van der Waals surface area contributed by atoms with Crippen molar-refractivity contribution >= 4 is 0 Å². The molecule has 1 heteroatoms. The van der Waals surface area contributed by atoms with Crippen molar-refractivity contribution in [2.45, 2.75) is 39.0 Å². The van der Waals surface area contributed by atoms with Crippen LogP contribution in [0, 0.1) is 19.8 Å². The minimum atomic E-state index is 0.713. The Morgan fingerprint density at radius 2 is 2.07 bits per heavy atom. The summed E-state index contributed by atoms with van der Waals surface area (Å²) in [6, 6.07) is 6.68. The average molecular weight is 203 g/mol. The van der Waals surface area contributed by atoms with E-state index in [2.05, 4.69) is 32.0 Å². The lowest BCUT2D eigenvalue weighted by molar-refractivity contribution is 0.494. The maximum absolute atomic E-state index is 5.85. The molecule has 2 N–H and O–H groups in total. The molecule has 1 aromatic carbocycles. The smallest absolute Gasteiger partial charge is 0.00430 e. The Morgan fingerprint density at radius 1 is 1.27 bits per heavy atom. The highest BCUT2D eigenvalue weighted by Gasteiger charge is 2.28. The first-order chi connectivity index (χ1) is 7.24. The van der Waals surface area contributed by atoms with E-state index in [1.54, 1.807) is 5.56 Å². The molecule has 1 saturated carbocycles. The largest absolute Gasteiger partial charge is 0.330 e. The van der Waals surface area contributed by atoms with Crippen LogP contribution < -0.4 is 5.73 Å². The van der Waals surface area contributed by atoms with Crippen molar-refractivity contribution in [2.24, 2.45) is 11.7 Å². The zero-order valence-electron chi connectivity index (χ0n) is 9.79. The van der Waals surface area contributed by atoms with Crippen LogP contribution >= 0.6 is 0 Å². The zero-order chi connectivity index (χ0) is 10.8. The van der Waals surface area contributed by atoms with Crippen LogP contribution in [-0.2, 0) is 0 Å². The fraction of sp³-hybridized carbons (Fsp3) is 0.571. The number of rotatable bonds is 2. The Morgan fingerprint density at radius 3 is 2.80 bits per heavy atom. The van der Waals surface area contributed by atoms with Crippen molar-refractivity contribution in [1.82, 2.24) is 0 Å². The molecule has 1 fully saturated rings. The van der Waals surface area contributed by atoms with Gasteiger partial charge in [0.25, 0.3) is 0 Å². The molecule has 1 aromatic rings. The van der Waals surface area contributed by atoms with E-state index in [0.29, 0.717) is 5.92 Å². The molecule has 1 aliphatic carbocycles. The van der Waals surface area contributed by atoms with Crippen LogP contribution in [0.2, 0.25) is 0 Å². The topological polar surface area (TPSA) is 26.0 Å². The van der Waals surface area contributed by atoms with Crippen LogP contribution in [0.5, 0.6) is 0 Å². The van der Waals surface area contributed by atoms with E-state index < -0.39 is 0 Å². The lowest BCUT2D eigenvalue weighted by Gasteiger charge is -2.21. The van der Waals surface area contributed by atoms with E-state index in [9.17, 15) is 0 Å². The average Bonchev–Trinajstić information content (AvgIpc) is 2.70. The molecular formula is C14H21N. The molecule has 2 atom stereocenters. The first-order valence-corrected chi connectivity index (χ1v) is 6.00. The van der Waals surface area contributed by atoms with Gasteiger partial charge in [0.1, 0.15) is 0 Å². The van der Waals surface area contributed by atoms with Gasteiger partial charge >= 0.3 is 0 Å². The van der Waals surface area contributed by atoms with E-state index in [1.165, 1.54) is 30.4 Å². The van der Waals surface area contributed by atoms with Crippen molar-refractivity contribution in [3.05, 3.63) is 34.9 Å². The Hall–Kier alpha value is -0.820. The van der Waals surface area contributed by atoms with Crippen molar-refractivity contribution in [1.29, 1.82) is 0 Å². The van der Waals surface area contributed by atoms with Crippen LogP contribution in [0.15, 0.2) is 18.2 Å². The maximum Gasteiger partial charge on any atom is -0.00430 e. The summed E-state index contributed by atoms with van der Waals surface area (Å²) in [4.78, 5) is 0. The quantitative estimate of drug-likeness (QED) is 0.785. The van der Waals surface area contributed by atoms with Crippen LogP contribution in [0.1, 0.15) is 41.9 Å². The second-order valence-corrected chi connectivity index (χ2v) is 4.82. The Bertz CT molecular complexity index is 343. The molecule has 2 unspecified atom stereocenters. The normalized spacial score (nSPS) is 25.8. The molecule has 0 spiro atoms. The summed E-state index contributed by atoms with van der Waals surface area (Å²) in [5, 5.41) is 0. The summed E-state index contributed by atoms with van der Waals surface area (Å²) in [5.41, 5.74) is 10.3. The number of benzene rings is 1. The summed E-state index contributed by atoms with van der Waals surface area (Å²) in [7, 11) is 0. The molecule has 82 valence electrons. The van der Waals surface area contributed by atoms with E-state index in [-0.39, 0.29) is 0 Å². The van der Waals surface area contributed by atoms with Gasteiger partial charge in [-0.1, -0.05) is 24.6 Å². The Labute approximate surface area is 92.7 Å². The molecule has 15 heavy (non-hydrogen) atoms. The van der Waals surface area contributed by atoms with Gasteiger partial charge in [-0.3, -0.25) is 0 Å². The number of hydrogen-bond acceptors (Lipinski definition) is 1. The fourth-order valence-electron chi connectivity index (χ4n) is 2.90. The molecule has 0 amide bonds. The Kier molecular flexibility index (Phi) is 3.11. The second-order valence-electron chi connectivity index (χ2n) is 4.82. The summed E-state index contributed by atoms with van der Waals surface area (Å²) in [6.07, 6.45) is 3.99. The first-order valence-electron chi connectivity index (χ1n) is 6.00. The monoisotopic (exact) mass is 203 g/mol. The zero-order valence-corrected chi connectivity index (χ0v) is 9.79. The van der Waals surface area contributed by atoms with Crippen LogP contribution in [0.4, 0.5) is 0 Å². The van der Waals surface area contributed by atoms with Crippen molar-refractivity contribution in [3.8, 4) is 0 Å². The van der Waals surface area contributed by atoms with Gasteiger partial charge in [-0.15, -0.1) is 0 Å². The van der Waals surface area contributed by atoms with Crippen LogP contribution in [-0.4, -0.2) is 6.54 Å². The molecule has 0 bridgehead atoms. The van der Waals surface area contributed by atoms with Gasteiger partial charge in [-0.25, -0.2) is 0 Å². The minimum Gasteiger partial charge on any atom is -0.330 e. The lowest BCUT2D eigenvalue weighted by atomic mass is 9.85. The molecule has 1 nitrogen and oxygen atoms in total. The predicted molar refractivity (Wildman–Crippen MR) is 65.1 cm³/mol. The van der Waals surface area contributed by atoms with Gasteiger partial charge < -0.3 is 5.73 Å². The van der Waals surface area contributed by atoms with E-state index in [1.807, 2.05) is 0 Å². The summed E-state index contributed by atoms with van der Waals surface area (Å²) in [6.45, 7) is 5.29. The first kappa shape index (κ1) is 10.7. The van der Waals surface area contributed by atoms with Crippen molar-refractivity contribution in [3.63, 3.8) is 0 Å². The third-order valence-corrected chi connectivity index (χ3v) is 4.01. The second kappa shape index (κ2) is 4.36. The summed E-state index contributed by atoms with van der Waals surface area (Å²) in [5.74, 6) is 1.43. The molecule has 0 saturated heterocycles. The van der Waals surface area contributed by atoms with Crippen LogP contribution in [0.3, 0.4) is 0 Å². The molecule has 1 aliphatic rings. The van der Waals surface area contributed by atoms with Gasteiger partial charge in [-0.05, 0) is 61.8 Å². The highest BCUT2D eigenvalue weighted by Crippen LogP contribution is 2.40. The fourth-order valence-corrected chi connectivity index (χ4v) is 2.90. The third-order valence-electron chi connectivity index (χ3n) is 4.01.